The smallest absolute Gasteiger partial charge is 0.462 e. The van der Waals surface area contributed by atoms with Crippen LogP contribution in [0, 0.1) is 0 Å². The molecule has 66 heavy (non-hydrogen) atoms. The Kier molecular flexibility index (Phi) is 47.0. The summed E-state index contributed by atoms with van der Waals surface area (Å²) in [4.78, 5) is 48.3. The summed E-state index contributed by atoms with van der Waals surface area (Å²) in [6.45, 7) is 4.52. The van der Waals surface area contributed by atoms with Gasteiger partial charge in [0, 0.05) is 19.3 Å². The maximum atomic E-state index is 12.8. The highest BCUT2D eigenvalue weighted by Gasteiger charge is 2.28. The lowest BCUT2D eigenvalue weighted by Crippen LogP contribution is -2.30. The third-order valence-electron chi connectivity index (χ3n) is 11.2. The first-order valence-corrected chi connectivity index (χ1v) is 28.0. The highest BCUT2D eigenvalue weighted by molar-refractivity contribution is 7.47. The first-order chi connectivity index (χ1) is 32.2. The molecule has 0 aromatic heterocycles. The molecule has 0 radical (unpaired) electrons. The van der Waals surface area contributed by atoms with Crippen molar-refractivity contribution in [3.05, 3.63) is 48.6 Å². The third kappa shape index (κ3) is 46.5. The topological polar surface area (TPSA) is 155 Å². The number of aliphatic hydroxyl groups is 1. The van der Waals surface area contributed by atoms with E-state index in [0.717, 1.165) is 122 Å². The van der Waals surface area contributed by atoms with Crippen molar-refractivity contribution in [3.8, 4) is 0 Å². The van der Waals surface area contributed by atoms with Gasteiger partial charge in [0.05, 0.1) is 19.8 Å². The summed E-state index contributed by atoms with van der Waals surface area (Å²) < 4.78 is 39.3. The second kappa shape index (κ2) is 48.9. The van der Waals surface area contributed by atoms with Crippen LogP contribution in [0.15, 0.2) is 48.6 Å². The molecule has 0 aliphatic carbocycles. The van der Waals surface area contributed by atoms with Crippen molar-refractivity contribution < 1.29 is 52.2 Å². The number of phosphoric acid groups is 1. The number of carbonyl (C=O) groups excluding carboxylic acids is 3. The first kappa shape index (κ1) is 63.4. The van der Waals surface area contributed by atoms with E-state index in [9.17, 15) is 28.9 Å². The summed E-state index contributed by atoms with van der Waals surface area (Å²) in [5, 5.41) is 9.76. The molecular weight excluding hydrogens is 856 g/mol. The van der Waals surface area contributed by atoms with Crippen molar-refractivity contribution in [3.63, 3.8) is 0 Å². The van der Waals surface area contributed by atoms with E-state index in [-0.39, 0.29) is 25.9 Å². The lowest BCUT2D eigenvalue weighted by atomic mass is 10.1. The van der Waals surface area contributed by atoms with E-state index >= 15 is 0 Å². The maximum Gasteiger partial charge on any atom is 0.472 e. The van der Waals surface area contributed by atoms with Gasteiger partial charge in [-0.25, -0.2) is 4.57 Å². The Hall–Kier alpha value is -2.56. The molecule has 0 aromatic carbocycles. The standard InChI is InChI=1S/C54H97O11P/c1-4-7-10-13-16-19-22-24-25-27-29-31-34-37-40-43-52(56)61-47-51(65-54(58)45-42-39-36-33-30-26-23-20-17-14-11-8-5-2)49-63-66(59,60)62-48-50(46-55)64-53(57)44-41-38-35-32-28-21-18-15-12-9-6-3/h15-16,18-20,23-25,50-51,55H,4-14,17,21-22,26-49H2,1-3H3,(H,59,60)/b18-15-,19-16-,23-20-,25-24-. The molecule has 0 heterocycles. The molecule has 3 atom stereocenters. The summed E-state index contributed by atoms with van der Waals surface area (Å²) in [6.07, 6.45) is 49.3. The number of esters is 3. The zero-order chi connectivity index (χ0) is 48.4. The lowest BCUT2D eigenvalue weighted by Gasteiger charge is -2.21. The fourth-order valence-electron chi connectivity index (χ4n) is 7.07. The number of phosphoric ester groups is 1. The van der Waals surface area contributed by atoms with Gasteiger partial charge in [-0.05, 0) is 96.3 Å². The molecule has 0 saturated heterocycles. The van der Waals surface area contributed by atoms with Gasteiger partial charge in [0.25, 0.3) is 0 Å². The normalized spacial score (nSPS) is 13.8. The van der Waals surface area contributed by atoms with Crippen LogP contribution in [0.1, 0.15) is 239 Å². The largest absolute Gasteiger partial charge is 0.472 e. The van der Waals surface area contributed by atoms with E-state index in [1.165, 1.54) is 57.8 Å². The second-order valence-electron chi connectivity index (χ2n) is 17.7. The van der Waals surface area contributed by atoms with Crippen LogP contribution in [-0.2, 0) is 42.2 Å². The van der Waals surface area contributed by atoms with Crippen LogP contribution >= 0.6 is 7.82 Å². The molecule has 0 bridgehead atoms. The monoisotopic (exact) mass is 953 g/mol. The molecule has 0 amide bonds. The molecule has 0 aliphatic rings. The van der Waals surface area contributed by atoms with Gasteiger partial charge in [-0.15, -0.1) is 0 Å². The summed E-state index contributed by atoms with van der Waals surface area (Å²) in [6, 6.07) is 0. The van der Waals surface area contributed by atoms with E-state index in [1.807, 2.05) is 0 Å². The summed E-state index contributed by atoms with van der Waals surface area (Å²) in [7, 11) is -4.74. The highest BCUT2D eigenvalue weighted by atomic mass is 31.2. The molecule has 3 unspecified atom stereocenters. The molecule has 11 nitrogen and oxygen atoms in total. The molecule has 2 N–H and O–H groups in total. The van der Waals surface area contributed by atoms with Gasteiger partial charge in [0.2, 0.25) is 0 Å². The Morgan fingerprint density at radius 2 is 0.758 bits per heavy atom. The Morgan fingerprint density at radius 3 is 1.21 bits per heavy atom. The van der Waals surface area contributed by atoms with Crippen molar-refractivity contribution >= 4 is 25.7 Å². The van der Waals surface area contributed by atoms with Crippen molar-refractivity contribution in [2.45, 2.75) is 251 Å². The number of rotatable bonds is 49. The summed E-state index contributed by atoms with van der Waals surface area (Å²) in [5.74, 6) is -1.50. The number of unbranched alkanes of at least 4 members (excludes halogenated alkanes) is 24. The van der Waals surface area contributed by atoms with Crippen LogP contribution in [0.4, 0.5) is 0 Å². The number of hydrogen-bond donors (Lipinski definition) is 2. The van der Waals surface area contributed by atoms with Gasteiger partial charge < -0.3 is 24.2 Å². The van der Waals surface area contributed by atoms with Gasteiger partial charge in [-0.1, -0.05) is 172 Å². The van der Waals surface area contributed by atoms with Crippen LogP contribution in [0.25, 0.3) is 0 Å². The summed E-state index contributed by atoms with van der Waals surface area (Å²) >= 11 is 0. The van der Waals surface area contributed by atoms with E-state index in [1.54, 1.807) is 0 Å². The predicted octanol–water partition coefficient (Wildman–Crippen LogP) is 15.0. The molecule has 0 saturated carbocycles. The van der Waals surface area contributed by atoms with Gasteiger partial charge in [0.1, 0.15) is 12.7 Å². The van der Waals surface area contributed by atoms with Gasteiger partial charge >= 0.3 is 25.7 Å². The molecular formula is C54H97O11P. The third-order valence-corrected chi connectivity index (χ3v) is 12.1. The average Bonchev–Trinajstić information content (AvgIpc) is 3.30. The van der Waals surface area contributed by atoms with Crippen LogP contribution in [0.5, 0.6) is 0 Å². The zero-order valence-electron chi connectivity index (χ0n) is 42.2. The molecule has 0 fully saturated rings. The minimum absolute atomic E-state index is 0.154. The first-order valence-electron chi connectivity index (χ1n) is 26.5. The van der Waals surface area contributed by atoms with E-state index < -0.39 is 57.8 Å². The van der Waals surface area contributed by atoms with E-state index in [2.05, 4.69) is 69.4 Å². The Bertz CT molecular complexity index is 1300. The molecule has 384 valence electrons. The summed E-state index contributed by atoms with van der Waals surface area (Å²) in [5.41, 5.74) is 0. The van der Waals surface area contributed by atoms with Crippen LogP contribution < -0.4 is 0 Å². The number of ether oxygens (including phenoxy) is 3. The lowest BCUT2D eigenvalue weighted by molar-refractivity contribution is -0.161. The second-order valence-corrected chi connectivity index (χ2v) is 19.1. The number of allylic oxidation sites excluding steroid dienone is 8. The van der Waals surface area contributed by atoms with Gasteiger partial charge in [-0.2, -0.15) is 0 Å². The van der Waals surface area contributed by atoms with Crippen molar-refractivity contribution in [2.75, 3.05) is 26.4 Å². The Balaban J connectivity index is 4.77. The van der Waals surface area contributed by atoms with Crippen LogP contribution in [0.3, 0.4) is 0 Å². The van der Waals surface area contributed by atoms with Gasteiger partial charge in [-0.3, -0.25) is 23.4 Å². The van der Waals surface area contributed by atoms with E-state index in [0.29, 0.717) is 19.3 Å². The van der Waals surface area contributed by atoms with Crippen LogP contribution in [-0.4, -0.2) is 66.5 Å². The highest BCUT2D eigenvalue weighted by Crippen LogP contribution is 2.43. The minimum Gasteiger partial charge on any atom is -0.462 e. The van der Waals surface area contributed by atoms with Gasteiger partial charge in [0.15, 0.2) is 6.10 Å². The molecule has 12 heteroatoms. The fourth-order valence-corrected chi connectivity index (χ4v) is 7.85. The molecule has 0 aromatic rings. The SMILES string of the molecule is CCCC/C=C\CCCCCCCC(=O)OC(CO)COP(=O)(O)OCC(COC(=O)CCCCCCC/C=C\C/C=C\CCCCC)OC(=O)CCCCCCC/C=C\CCCCCC. The maximum absolute atomic E-state index is 12.8. The Morgan fingerprint density at radius 1 is 0.424 bits per heavy atom. The molecule has 0 spiro atoms. The van der Waals surface area contributed by atoms with Crippen molar-refractivity contribution in [2.24, 2.45) is 0 Å². The zero-order valence-corrected chi connectivity index (χ0v) is 43.1. The van der Waals surface area contributed by atoms with E-state index in [4.69, 9.17) is 23.3 Å². The predicted molar refractivity (Wildman–Crippen MR) is 270 cm³/mol. The quantitative estimate of drug-likeness (QED) is 0.0197. The van der Waals surface area contributed by atoms with Crippen molar-refractivity contribution in [1.29, 1.82) is 0 Å². The minimum atomic E-state index is -4.74. The number of aliphatic hydroxyl groups excluding tert-OH is 1. The van der Waals surface area contributed by atoms with Crippen LogP contribution in [0.2, 0.25) is 0 Å². The molecule has 0 rings (SSSR count). The molecule has 0 aliphatic heterocycles. The Labute approximate surface area is 403 Å². The van der Waals surface area contributed by atoms with Crippen molar-refractivity contribution in [1.82, 2.24) is 0 Å². The fraction of sp³-hybridized carbons (Fsp3) is 0.796. The number of carbonyl (C=O) groups is 3. The number of hydrogen-bond acceptors (Lipinski definition) is 10. The average molecular weight is 953 g/mol.